The number of hydrogen-bond acceptors (Lipinski definition) is 4. The number of aromatic nitrogens is 3. The molecule has 1 N–H and O–H groups in total. The van der Waals surface area contributed by atoms with Gasteiger partial charge in [0.1, 0.15) is 17.7 Å². The highest BCUT2D eigenvalue weighted by molar-refractivity contribution is 14.0. The van der Waals surface area contributed by atoms with E-state index in [0.29, 0.717) is 38.7 Å². The first-order valence-corrected chi connectivity index (χ1v) is 9.51. The fourth-order valence-corrected chi connectivity index (χ4v) is 3.33. The fourth-order valence-electron chi connectivity index (χ4n) is 3.33. The topological polar surface area (TPSA) is 61.6 Å². The first-order valence-electron chi connectivity index (χ1n) is 9.51. The van der Waals surface area contributed by atoms with Gasteiger partial charge in [-0.1, -0.05) is 6.07 Å². The van der Waals surface area contributed by atoms with Crippen molar-refractivity contribution in [2.75, 3.05) is 33.2 Å². The Morgan fingerprint density at radius 3 is 2.40 bits per heavy atom. The van der Waals surface area contributed by atoms with Gasteiger partial charge in [0.15, 0.2) is 5.96 Å². The Labute approximate surface area is 191 Å². The largest absolute Gasteiger partial charge is 0.403 e. The Kier molecular flexibility index (Phi) is 8.47. The summed E-state index contributed by atoms with van der Waals surface area (Å²) in [5.74, 6) is 2.34. The van der Waals surface area contributed by atoms with Gasteiger partial charge in [0.2, 0.25) is 0 Å². The third-order valence-corrected chi connectivity index (χ3v) is 5.18. The summed E-state index contributed by atoms with van der Waals surface area (Å²) in [5, 5.41) is 3.27. The van der Waals surface area contributed by atoms with E-state index in [2.05, 4.69) is 20.3 Å². The highest BCUT2D eigenvalue weighted by atomic mass is 127. The molecule has 3 rings (SSSR count). The summed E-state index contributed by atoms with van der Waals surface area (Å²) >= 11 is 0. The van der Waals surface area contributed by atoms with Crippen LogP contribution in [0.3, 0.4) is 0 Å². The van der Waals surface area contributed by atoms with Crippen molar-refractivity contribution in [1.82, 2.24) is 29.7 Å². The van der Waals surface area contributed by atoms with Crippen molar-refractivity contribution in [3.05, 3.63) is 42.1 Å². The number of alkyl halides is 3. The number of nitrogens with zero attached hydrogens (tertiary/aromatic N) is 6. The average Bonchev–Trinajstić information content (AvgIpc) is 3.14. The molecular weight excluding hydrogens is 510 g/mol. The lowest BCUT2D eigenvalue weighted by Gasteiger charge is -2.39. The highest BCUT2D eigenvalue weighted by Crippen LogP contribution is 2.25. The van der Waals surface area contributed by atoms with Gasteiger partial charge in [-0.25, -0.2) is 9.97 Å². The van der Waals surface area contributed by atoms with Crippen molar-refractivity contribution >= 4 is 29.9 Å². The van der Waals surface area contributed by atoms with E-state index in [0.717, 1.165) is 17.2 Å². The normalized spacial score (nSPS) is 16.9. The van der Waals surface area contributed by atoms with E-state index in [4.69, 9.17) is 0 Å². The molecule has 0 radical (unpaired) electrons. The number of aryl methyl sites for hydroxylation is 1. The van der Waals surface area contributed by atoms with Gasteiger partial charge in [0.05, 0.1) is 0 Å². The van der Waals surface area contributed by atoms with E-state index in [1.165, 1.54) is 11.8 Å². The van der Waals surface area contributed by atoms with Gasteiger partial charge in [-0.2, -0.15) is 13.2 Å². The van der Waals surface area contributed by atoms with E-state index in [1.807, 2.05) is 34.7 Å². The zero-order chi connectivity index (χ0) is 21.0. The minimum absolute atomic E-state index is 0. The van der Waals surface area contributed by atoms with Crippen LogP contribution in [-0.2, 0) is 6.54 Å². The second-order valence-electron chi connectivity index (χ2n) is 7.01. The predicted octanol–water partition coefficient (Wildman–Crippen LogP) is 2.84. The first kappa shape index (κ1) is 24.4. The van der Waals surface area contributed by atoms with E-state index in [1.54, 1.807) is 19.4 Å². The predicted molar refractivity (Wildman–Crippen MR) is 120 cm³/mol. The summed E-state index contributed by atoms with van der Waals surface area (Å²) in [6, 6.07) is 2.47. The number of piperazine rings is 1. The molecule has 3 heterocycles. The molecular formula is C19H27F3IN7. The smallest absolute Gasteiger partial charge is 0.352 e. The van der Waals surface area contributed by atoms with Gasteiger partial charge < -0.3 is 10.2 Å². The highest BCUT2D eigenvalue weighted by Gasteiger charge is 2.41. The molecule has 0 aliphatic carbocycles. The maximum atomic E-state index is 12.9. The van der Waals surface area contributed by atoms with Crippen LogP contribution in [0, 0.1) is 6.92 Å². The number of aliphatic imine (C=N–C) groups is 1. The molecule has 0 saturated carbocycles. The molecule has 1 fully saturated rings. The van der Waals surface area contributed by atoms with Crippen molar-refractivity contribution < 1.29 is 13.2 Å². The molecule has 11 heteroatoms. The lowest BCUT2D eigenvalue weighted by atomic mass is 10.2. The summed E-state index contributed by atoms with van der Waals surface area (Å²) in [6.07, 6.45) is 1.18. The molecule has 166 valence electrons. The van der Waals surface area contributed by atoms with Crippen LogP contribution in [0.15, 0.2) is 35.7 Å². The molecule has 0 aromatic carbocycles. The minimum atomic E-state index is -4.20. The number of nitrogens with one attached hydrogen (secondary N) is 1. The monoisotopic (exact) mass is 537 g/mol. The van der Waals surface area contributed by atoms with Gasteiger partial charge in [-0.05, 0) is 25.5 Å². The lowest BCUT2D eigenvalue weighted by molar-refractivity contribution is -0.181. The maximum Gasteiger partial charge on any atom is 0.403 e. The average molecular weight is 537 g/mol. The summed E-state index contributed by atoms with van der Waals surface area (Å²) in [4.78, 5) is 16.4. The molecule has 30 heavy (non-hydrogen) atoms. The van der Waals surface area contributed by atoms with Crippen molar-refractivity contribution in [2.24, 2.45) is 4.99 Å². The van der Waals surface area contributed by atoms with Crippen LogP contribution in [0.4, 0.5) is 13.2 Å². The van der Waals surface area contributed by atoms with E-state index >= 15 is 0 Å². The summed E-state index contributed by atoms with van der Waals surface area (Å²) < 4.78 is 40.6. The SMILES string of the molecule is CN=C(NCc1ccc(-n2ccnc2C)nc1)N1CCN(C(C)C(F)(F)F)CC1.I. The first-order chi connectivity index (χ1) is 13.8. The van der Waals surface area contributed by atoms with Crippen LogP contribution < -0.4 is 5.32 Å². The van der Waals surface area contributed by atoms with Crippen molar-refractivity contribution in [2.45, 2.75) is 32.6 Å². The van der Waals surface area contributed by atoms with Crippen LogP contribution in [0.5, 0.6) is 0 Å². The van der Waals surface area contributed by atoms with Crippen LogP contribution in [0.1, 0.15) is 18.3 Å². The molecule has 2 aromatic heterocycles. The minimum Gasteiger partial charge on any atom is -0.352 e. The second-order valence-corrected chi connectivity index (χ2v) is 7.01. The maximum absolute atomic E-state index is 12.9. The zero-order valence-corrected chi connectivity index (χ0v) is 19.6. The van der Waals surface area contributed by atoms with Gasteiger partial charge >= 0.3 is 6.18 Å². The van der Waals surface area contributed by atoms with E-state index in [-0.39, 0.29) is 24.0 Å². The van der Waals surface area contributed by atoms with Gasteiger partial charge in [-0.3, -0.25) is 14.5 Å². The molecule has 0 amide bonds. The third kappa shape index (κ3) is 5.84. The molecule has 2 aromatic rings. The van der Waals surface area contributed by atoms with Crippen molar-refractivity contribution in [3.8, 4) is 5.82 Å². The van der Waals surface area contributed by atoms with Crippen LogP contribution in [0.25, 0.3) is 5.82 Å². The molecule has 1 unspecified atom stereocenters. The Bertz CT molecular complexity index is 827. The number of rotatable bonds is 4. The Balaban J connectivity index is 0.00000320. The summed E-state index contributed by atoms with van der Waals surface area (Å²) in [6.45, 7) is 5.35. The summed E-state index contributed by atoms with van der Waals surface area (Å²) in [7, 11) is 1.68. The van der Waals surface area contributed by atoms with Crippen LogP contribution >= 0.6 is 24.0 Å². The third-order valence-electron chi connectivity index (χ3n) is 5.18. The molecule has 1 atom stereocenters. The van der Waals surface area contributed by atoms with Gasteiger partial charge in [0, 0.05) is 58.4 Å². The molecule has 0 bridgehead atoms. The van der Waals surface area contributed by atoms with E-state index < -0.39 is 12.2 Å². The molecule has 1 aliphatic rings. The van der Waals surface area contributed by atoms with Gasteiger partial charge in [0.25, 0.3) is 0 Å². The zero-order valence-electron chi connectivity index (χ0n) is 17.2. The number of hydrogen-bond donors (Lipinski definition) is 1. The quantitative estimate of drug-likeness (QED) is 0.370. The Hall–Kier alpha value is -1.89. The molecule has 0 spiro atoms. The van der Waals surface area contributed by atoms with Crippen LogP contribution in [0.2, 0.25) is 0 Å². The Morgan fingerprint density at radius 1 is 1.20 bits per heavy atom. The van der Waals surface area contributed by atoms with Gasteiger partial charge in [-0.15, -0.1) is 24.0 Å². The summed E-state index contributed by atoms with van der Waals surface area (Å²) in [5.41, 5.74) is 0.983. The fraction of sp³-hybridized carbons (Fsp3) is 0.526. The van der Waals surface area contributed by atoms with Crippen molar-refractivity contribution in [1.29, 1.82) is 0 Å². The number of guanidine groups is 1. The lowest BCUT2D eigenvalue weighted by Crippen LogP contribution is -2.56. The van der Waals surface area contributed by atoms with E-state index in [9.17, 15) is 13.2 Å². The van der Waals surface area contributed by atoms with Crippen LogP contribution in [-0.4, -0.2) is 75.7 Å². The standard InChI is InChI=1S/C19H26F3N7.HI/c1-14(19(20,21)22)27-8-10-28(11-9-27)18(23-3)26-13-16-4-5-17(25-12-16)29-7-6-24-15(29)2;/h4-7,12,14H,8-11,13H2,1-3H3,(H,23,26);1H. The molecule has 7 nitrogen and oxygen atoms in total. The number of pyridine rings is 1. The molecule has 1 aliphatic heterocycles. The molecule has 1 saturated heterocycles. The second kappa shape index (κ2) is 10.4. The Morgan fingerprint density at radius 2 is 1.90 bits per heavy atom. The van der Waals surface area contributed by atoms with Crippen molar-refractivity contribution in [3.63, 3.8) is 0 Å². The number of halogens is 4. The number of imidazole rings is 1.